The highest BCUT2D eigenvalue weighted by atomic mass is 35.5. The number of hydrogen-bond acceptors (Lipinski definition) is 3. The Hall–Kier alpha value is -4.20. The molecule has 5 aromatic rings. The number of anilines is 1. The molecule has 6 rings (SSSR count). The molecule has 6 nitrogen and oxygen atoms in total. The quantitative estimate of drug-likeness (QED) is 0.198. The first kappa shape index (κ1) is 27.0. The molecule has 206 valence electrons. The lowest BCUT2D eigenvalue weighted by atomic mass is 9.96. The molecule has 2 atom stereocenters. The second-order valence-electron chi connectivity index (χ2n) is 10.3. The van der Waals surface area contributed by atoms with Gasteiger partial charge in [-0.05, 0) is 79.5 Å². The summed E-state index contributed by atoms with van der Waals surface area (Å²) in [4.78, 5) is 20.0. The summed E-state index contributed by atoms with van der Waals surface area (Å²) in [6.45, 7) is 4.67. The van der Waals surface area contributed by atoms with E-state index in [9.17, 15) is 4.79 Å². The van der Waals surface area contributed by atoms with E-state index in [2.05, 4.69) is 51.1 Å². The standard InChI is InChI=1S/C33H30ClN5OS/c1-21-19-27(22(2)39(21)25-12-8-11-24(34)20-25)32-31(29-14-5-6-17-35-29)37-33(41)38(32)18-16-30(40)36-28-15-7-10-23-9-3-4-13-26(23)28/h3-15,17,19-20,31-32H,16,18H2,1-2H3,(H,36,40)(H,37,41)/t31-,32+/m0/s1. The van der Waals surface area contributed by atoms with E-state index in [4.69, 9.17) is 23.8 Å². The molecule has 1 aliphatic heterocycles. The Bertz CT molecular complexity index is 1750. The topological polar surface area (TPSA) is 62.2 Å². The van der Waals surface area contributed by atoms with E-state index in [1.54, 1.807) is 6.20 Å². The molecule has 1 amide bonds. The molecule has 0 aliphatic carbocycles. The van der Waals surface area contributed by atoms with Crippen LogP contribution < -0.4 is 10.6 Å². The van der Waals surface area contributed by atoms with Crippen molar-refractivity contribution in [2.75, 3.05) is 11.9 Å². The molecule has 1 saturated heterocycles. The SMILES string of the molecule is Cc1cc([C@@H]2[C@H](c3ccccn3)NC(=S)N2CCC(=O)Nc2cccc3ccccc23)c(C)n1-c1cccc(Cl)c1. The van der Waals surface area contributed by atoms with E-state index >= 15 is 0 Å². The van der Waals surface area contributed by atoms with Crippen LogP contribution in [-0.4, -0.2) is 32.0 Å². The molecule has 8 heteroatoms. The van der Waals surface area contributed by atoms with Gasteiger partial charge in [-0.1, -0.05) is 60.1 Å². The molecule has 0 unspecified atom stereocenters. The molecule has 41 heavy (non-hydrogen) atoms. The minimum absolute atomic E-state index is 0.0615. The van der Waals surface area contributed by atoms with Crippen LogP contribution >= 0.6 is 23.8 Å². The Labute approximate surface area is 250 Å². The van der Waals surface area contributed by atoms with Crippen molar-refractivity contribution in [3.63, 3.8) is 0 Å². The average Bonchev–Trinajstić information content (AvgIpc) is 3.46. The molecule has 1 aliphatic rings. The second-order valence-corrected chi connectivity index (χ2v) is 11.1. The van der Waals surface area contributed by atoms with Gasteiger partial charge < -0.3 is 20.1 Å². The molecular weight excluding hydrogens is 550 g/mol. The highest BCUT2D eigenvalue weighted by Crippen LogP contribution is 2.41. The van der Waals surface area contributed by atoms with E-state index in [0.29, 0.717) is 16.7 Å². The summed E-state index contributed by atoms with van der Waals surface area (Å²) in [5, 5.41) is 10.0. The summed E-state index contributed by atoms with van der Waals surface area (Å²) < 4.78 is 2.21. The van der Waals surface area contributed by atoms with Gasteiger partial charge in [-0.3, -0.25) is 9.78 Å². The largest absolute Gasteiger partial charge is 0.352 e. The summed E-state index contributed by atoms with van der Waals surface area (Å²) in [5.74, 6) is -0.0615. The van der Waals surface area contributed by atoms with E-state index in [1.807, 2.05) is 78.9 Å². The fraction of sp³-hybridized carbons (Fsp3) is 0.182. The molecule has 1 fully saturated rings. The van der Waals surface area contributed by atoms with E-state index in [1.165, 1.54) is 0 Å². The highest BCUT2D eigenvalue weighted by molar-refractivity contribution is 7.80. The number of aryl methyl sites for hydroxylation is 1. The Morgan fingerprint density at radius 1 is 1.00 bits per heavy atom. The fourth-order valence-electron chi connectivity index (χ4n) is 5.85. The lowest BCUT2D eigenvalue weighted by Gasteiger charge is -2.28. The van der Waals surface area contributed by atoms with Gasteiger partial charge in [0.1, 0.15) is 0 Å². The lowest BCUT2D eigenvalue weighted by molar-refractivity contribution is -0.116. The number of rotatable bonds is 7. The van der Waals surface area contributed by atoms with Gasteiger partial charge in [0.15, 0.2) is 5.11 Å². The number of thiocarbonyl (C=S) groups is 1. The van der Waals surface area contributed by atoms with Gasteiger partial charge in [0.25, 0.3) is 0 Å². The maximum absolute atomic E-state index is 13.2. The molecule has 0 bridgehead atoms. The normalized spacial score (nSPS) is 16.7. The summed E-state index contributed by atoms with van der Waals surface area (Å²) in [7, 11) is 0. The number of carbonyl (C=O) groups is 1. The first-order valence-electron chi connectivity index (χ1n) is 13.6. The molecule has 0 radical (unpaired) electrons. The highest BCUT2D eigenvalue weighted by Gasteiger charge is 2.41. The number of amides is 1. The van der Waals surface area contributed by atoms with Crippen LogP contribution in [0.25, 0.3) is 16.5 Å². The fourth-order valence-corrected chi connectivity index (χ4v) is 6.37. The Morgan fingerprint density at radius 2 is 1.78 bits per heavy atom. The van der Waals surface area contributed by atoms with Crippen molar-refractivity contribution >= 4 is 51.3 Å². The van der Waals surface area contributed by atoms with Crippen LogP contribution in [0.3, 0.4) is 0 Å². The molecule has 3 aromatic carbocycles. The zero-order valence-corrected chi connectivity index (χ0v) is 24.4. The third-order valence-corrected chi connectivity index (χ3v) is 8.28. The maximum Gasteiger partial charge on any atom is 0.226 e. The van der Waals surface area contributed by atoms with Crippen molar-refractivity contribution in [2.45, 2.75) is 32.4 Å². The minimum atomic E-state index is -0.168. The van der Waals surface area contributed by atoms with Crippen molar-refractivity contribution < 1.29 is 4.79 Å². The maximum atomic E-state index is 13.2. The lowest BCUT2D eigenvalue weighted by Crippen LogP contribution is -2.33. The van der Waals surface area contributed by atoms with Gasteiger partial charge in [0.05, 0.1) is 17.8 Å². The average molecular weight is 580 g/mol. The van der Waals surface area contributed by atoms with Gasteiger partial charge >= 0.3 is 0 Å². The number of carbonyl (C=O) groups excluding carboxylic acids is 1. The Balaban J connectivity index is 1.31. The summed E-state index contributed by atoms with van der Waals surface area (Å²) in [6.07, 6.45) is 2.08. The molecule has 2 aromatic heterocycles. The number of nitrogens with zero attached hydrogens (tertiary/aromatic N) is 3. The van der Waals surface area contributed by atoms with Gasteiger partial charge in [0.2, 0.25) is 5.91 Å². The summed E-state index contributed by atoms with van der Waals surface area (Å²) >= 11 is 12.2. The monoisotopic (exact) mass is 579 g/mol. The molecule has 3 heterocycles. The number of pyridine rings is 1. The number of nitrogens with one attached hydrogen (secondary N) is 2. The van der Waals surface area contributed by atoms with Crippen LogP contribution in [-0.2, 0) is 4.79 Å². The summed E-state index contributed by atoms with van der Waals surface area (Å²) in [5.41, 5.74) is 6.01. The second kappa shape index (κ2) is 11.4. The predicted molar refractivity (Wildman–Crippen MR) is 170 cm³/mol. The first-order chi connectivity index (χ1) is 19.9. The predicted octanol–water partition coefficient (Wildman–Crippen LogP) is 7.30. The van der Waals surface area contributed by atoms with Gasteiger partial charge in [-0.25, -0.2) is 0 Å². The first-order valence-corrected chi connectivity index (χ1v) is 14.4. The van der Waals surface area contributed by atoms with E-state index in [-0.39, 0.29) is 24.4 Å². The van der Waals surface area contributed by atoms with Crippen LogP contribution in [0.5, 0.6) is 0 Å². The van der Waals surface area contributed by atoms with Crippen molar-refractivity contribution in [1.29, 1.82) is 0 Å². The number of hydrogen-bond donors (Lipinski definition) is 2. The van der Waals surface area contributed by atoms with Crippen molar-refractivity contribution in [2.24, 2.45) is 0 Å². The smallest absolute Gasteiger partial charge is 0.226 e. The minimum Gasteiger partial charge on any atom is -0.352 e. The van der Waals surface area contributed by atoms with Crippen LogP contribution in [0.1, 0.15) is 41.1 Å². The van der Waals surface area contributed by atoms with Gasteiger partial charge in [-0.15, -0.1) is 0 Å². The molecular formula is C33H30ClN5OS. The van der Waals surface area contributed by atoms with E-state index in [0.717, 1.165) is 44.8 Å². The van der Waals surface area contributed by atoms with Crippen molar-refractivity contribution in [1.82, 2.24) is 19.8 Å². The van der Waals surface area contributed by atoms with Crippen LogP contribution in [0, 0.1) is 13.8 Å². The molecule has 0 spiro atoms. The van der Waals surface area contributed by atoms with Crippen molar-refractivity contribution in [3.05, 3.63) is 125 Å². The van der Waals surface area contributed by atoms with Gasteiger partial charge in [-0.2, -0.15) is 0 Å². The third kappa shape index (κ3) is 5.31. The number of halogens is 1. The zero-order chi connectivity index (χ0) is 28.5. The van der Waals surface area contributed by atoms with Gasteiger partial charge in [0, 0.05) is 52.3 Å². The number of fused-ring (bicyclic) bond motifs is 1. The van der Waals surface area contributed by atoms with Crippen molar-refractivity contribution in [3.8, 4) is 5.69 Å². The van der Waals surface area contributed by atoms with E-state index < -0.39 is 0 Å². The number of aromatic nitrogens is 2. The molecule has 0 saturated carbocycles. The van der Waals surface area contributed by atoms with Crippen LogP contribution in [0.2, 0.25) is 5.02 Å². The van der Waals surface area contributed by atoms with Crippen LogP contribution in [0.15, 0.2) is 97.2 Å². The molecule has 2 N–H and O–H groups in total. The zero-order valence-electron chi connectivity index (χ0n) is 22.8. The summed E-state index contributed by atoms with van der Waals surface area (Å²) in [6, 6.07) is 29.6. The third-order valence-electron chi connectivity index (χ3n) is 7.70. The Morgan fingerprint density at radius 3 is 2.59 bits per heavy atom. The van der Waals surface area contributed by atoms with Crippen LogP contribution in [0.4, 0.5) is 5.69 Å². The number of benzene rings is 3. The Kier molecular flexibility index (Phi) is 7.47.